The Morgan fingerprint density at radius 2 is 1.87 bits per heavy atom. The molecule has 3 aromatic rings. The number of aromatic nitrogens is 2. The van der Waals surface area contributed by atoms with Crippen LogP contribution in [0.15, 0.2) is 60.9 Å². The van der Waals surface area contributed by atoms with Crippen molar-refractivity contribution in [2.24, 2.45) is 0 Å². The van der Waals surface area contributed by atoms with Gasteiger partial charge in [-0.25, -0.2) is 13.4 Å². The number of anilines is 1. The van der Waals surface area contributed by atoms with E-state index >= 15 is 0 Å². The van der Waals surface area contributed by atoms with Crippen molar-refractivity contribution >= 4 is 21.6 Å². The number of rotatable bonds is 5. The topological polar surface area (TPSA) is 84.3 Å². The van der Waals surface area contributed by atoms with Crippen LogP contribution in [-0.2, 0) is 16.6 Å². The number of imidazole rings is 1. The summed E-state index contributed by atoms with van der Waals surface area (Å²) in [5.41, 5.74) is 3.04. The van der Waals surface area contributed by atoms with Crippen LogP contribution in [0.5, 0.6) is 0 Å². The summed E-state index contributed by atoms with van der Waals surface area (Å²) in [6.45, 7) is 2.78. The molecule has 0 radical (unpaired) electrons. The van der Waals surface area contributed by atoms with Gasteiger partial charge in [-0.1, -0.05) is 18.2 Å². The SMILES string of the molecule is Cc1nccn1-c1ccccc1CNC(=O)c1ccc(N2CCCCS2(=O)=O)cc1. The van der Waals surface area contributed by atoms with Crippen LogP contribution < -0.4 is 9.62 Å². The molecule has 1 aliphatic heterocycles. The smallest absolute Gasteiger partial charge is 0.251 e. The maximum atomic E-state index is 12.6. The van der Waals surface area contributed by atoms with Gasteiger partial charge in [-0.15, -0.1) is 0 Å². The number of carbonyl (C=O) groups excluding carboxylic acids is 1. The lowest BCUT2D eigenvalue weighted by Gasteiger charge is -2.28. The van der Waals surface area contributed by atoms with E-state index in [0.717, 1.165) is 23.5 Å². The second kappa shape index (κ2) is 8.31. The average Bonchev–Trinajstić information content (AvgIpc) is 3.18. The van der Waals surface area contributed by atoms with Crippen molar-refractivity contribution in [2.45, 2.75) is 26.3 Å². The minimum absolute atomic E-state index is 0.172. The number of para-hydroxylation sites is 1. The van der Waals surface area contributed by atoms with Crippen LogP contribution in [0.3, 0.4) is 0 Å². The fraction of sp³-hybridized carbons (Fsp3) is 0.273. The zero-order valence-electron chi connectivity index (χ0n) is 16.8. The van der Waals surface area contributed by atoms with E-state index in [1.807, 2.05) is 42.0 Å². The Bertz CT molecular complexity index is 1150. The van der Waals surface area contributed by atoms with Gasteiger partial charge in [0.2, 0.25) is 10.0 Å². The molecule has 1 aliphatic rings. The van der Waals surface area contributed by atoms with E-state index in [1.165, 1.54) is 4.31 Å². The third-order valence-electron chi connectivity index (χ3n) is 5.28. The highest BCUT2D eigenvalue weighted by Gasteiger charge is 2.26. The minimum Gasteiger partial charge on any atom is -0.348 e. The molecule has 4 rings (SSSR count). The van der Waals surface area contributed by atoms with Gasteiger partial charge in [0.25, 0.3) is 5.91 Å². The summed E-state index contributed by atoms with van der Waals surface area (Å²) in [7, 11) is -3.26. The molecule has 1 N–H and O–H groups in total. The summed E-state index contributed by atoms with van der Waals surface area (Å²) in [4.78, 5) is 16.9. The summed E-state index contributed by atoms with van der Waals surface area (Å²) in [6.07, 6.45) is 5.18. The average molecular weight is 425 g/mol. The summed E-state index contributed by atoms with van der Waals surface area (Å²) >= 11 is 0. The Morgan fingerprint density at radius 3 is 2.57 bits per heavy atom. The summed E-state index contributed by atoms with van der Waals surface area (Å²) in [5, 5.41) is 2.95. The Balaban J connectivity index is 1.46. The van der Waals surface area contributed by atoms with E-state index in [9.17, 15) is 13.2 Å². The highest BCUT2D eigenvalue weighted by molar-refractivity contribution is 7.92. The van der Waals surface area contributed by atoms with Crippen molar-refractivity contribution in [3.63, 3.8) is 0 Å². The van der Waals surface area contributed by atoms with Crippen LogP contribution in [0.1, 0.15) is 34.6 Å². The number of aryl methyl sites for hydroxylation is 1. The van der Waals surface area contributed by atoms with Crippen molar-refractivity contribution in [2.75, 3.05) is 16.6 Å². The van der Waals surface area contributed by atoms with Crippen molar-refractivity contribution in [1.82, 2.24) is 14.9 Å². The molecule has 8 heteroatoms. The van der Waals surface area contributed by atoms with Gasteiger partial charge < -0.3 is 9.88 Å². The second-order valence-corrected chi connectivity index (χ2v) is 9.31. The molecule has 1 amide bonds. The highest BCUT2D eigenvalue weighted by Crippen LogP contribution is 2.24. The standard InChI is InChI=1S/C22H24N4O3S/c1-17-23-12-14-25(17)21-7-3-2-6-19(21)16-24-22(27)18-8-10-20(11-9-18)26-13-4-5-15-30(26,28)29/h2-3,6-12,14H,4-5,13,15-16H2,1H3,(H,24,27). The normalized spacial score (nSPS) is 15.7. The highest BCUT2D eigenvalue weighted by atomic mass is 32.2. The number of benzene rings is 2. The monoisotopic (exact) mass is 424 g/mol. The molecule has 0 aliphatic carbocycles. The third-order valence-corrected chi connectivity index (χ3v) is 7.15. The summed E-state index contributed by atoms with van der Waals surface area (Å²) in [5.74, 6) is 0.836. The summed E-state index contributed by atoms with van der Waals surface area (Å²) in [6, 6.07) is 14.6. The van der Waals surface area contributed by atoms with Gasteiger partial charge in [0.05, 0.1) is 17.1 Å². The molecule has 30 heavy (non-hydrogen) atoms. The molecule has 0 atom stereocenters. The van der Waals surface area contributed by atoms with Gasteiger partial charge in [-0.2, -0.15) is 0 Å². The molecule has 7 nitrogen and oxygen atoms in total. The zero-order chi connectivity index (χ0) is 21.1. The van der Waals surface area contributed by atoms with Gasteiger partial charge in [-0.3, -0.25) is 9.10 Å². The number of sulfonamides is 1. The molecule has 0 unspecified atom stereocenters. The van der Waals surface area contributed by atoms with Crippen LogP contribution >= 0.6 is 0 Å². The van der Waals surface area contributed by atoms with Gasteiger partial charge in [0.15, 0.2) is 0 Å². The van der Waals surface area contributed by atoms with E-state index in [1.54, 1.807) is 30.5 Å². The zero-order valence-corrected chi connectivity index (χ0v) is 17.6. The number of carbonyl (C=O) groups is 1. The minimum atomic E-state index is -3.26. The predicted octanol–water partition coefficient (Wildman–Crippen LogP) is 3.04. The van der Waals surface area contributed by atoms with E-state index in [2.05, 4.69) is 10.3 Å². The molecule has 0 bridgehead atoms. The van der Waals surface area contributed by atoms with E-state index in [0.29, 0.717) is 30.8 Å². The van der Waals surface area contributed by atoms with Crippen molar-refractivity contribution < 1.29 is 13.2 Å². The van der Waals surface area contributed by atoms with Crippen molar-refractivity contribution in [3.8, 4) is 5.69 Å². The van der Waals surface area contributed by atoms with Crippen LogP contribution in [0, 0.1) is 6.92 Å². The molecular formula is C22H24N4O3S. The fourth-order valence-corrected chi connectivity index (χ4v) is 5.30. The van der Waals surface area contributed by atoms with Gasteiger partial charge in [-0.05, 0) is 55.7 Å². The Hall–Kier alpha value is -3.13. The van der Waals surface area contributed by atoms with Crippen LogP contribution in [0.4, 0.5) is 5.69 Å². The van der Waals surface area contributed by atoms with Gasteiger partial charge >= 0.3 is 0 Å². The Kier molecular flexibility index (Phi) is 5.59. The predicted molar refractivity (Wildman–Crippen MR) is 116 cm³/mol. The summed E-state index contributed by atoms with van der Waals surface area (Å²) < 4.78 is 27.9. The number of hydrogen-bond donors (Lipinski definition) is 1. The molecular weight excluding hydrogens is 400 g/mol. The first-order valence-corrected chi connectivity index (χ1v) is 11.5. The lowest BCUT2D eigenvalue weighted by Crippen LogP contribution is -2.37. The first-order chi connectivity index (χ1) is 14.5. The molecule has 2 aromatic carbocycles. The number of hydrogen-bond acceptors (Lipinski definition) is 4. The molecule has 0 saturated carbocycles. The maximum Gasteiger partial charge on any atom is 0.251 e. The van der Waals surface area contributed by atoms with Gasteiger partial charge in [0, 0.05) is 31.0 Å². The molecule has 1 fully saturated rings. The molecule has 1 aromatic heterocycles. The van der Waals surface area contributed by atoms with Crippen molar-refractivity contribution in [3.05, 3.63) is 77.9 Å². The van der Waals surface area contributed by atoms with Crippen molar-refractivity contribution in [1.29, 1.82) is 0 Å². The van der Waals surface area contributed by atoms with Gasteiger partial charge in [0.1, 0.15) is 5.82 Å². The van der Waals surface area contributed by atoms with Crippen LogP contribution in [0.2, 0.25) is 0 Å². The first-order valence-electron chi connectivity index (χ1n) is 9.92. The van der Waals surface area contributed by atoms with E-state index < -0.39 is 10.0 Å². The first kappa shape index (κ1) is 20.2. The van der Waals surface area contributed by atoms with E-state index in [4.69, 9.17) is 0 Å². The number of nitrogens with zero attached hydrogens (tertiary/aromatic N) is 3. The lowest BCUT2D eigenvalue weighted by molar-refractivity contribution is 0.0951. The molecule has 1 saturated heterocycles. The number of nitrogens with one attached hydrogen (secondary N) is 1. The molecule has 156 valence electrons. The molecule has 2 heterocycles. The number of amides is 1. The third kappa shape index (κ3) is 4.09. The largest absolute Gasteiger partial charge is 0.348 e. The second-order valence-electron chi connectivity index (χ2n) is 7.30. The van der Waals surface area contributed by atoms with Crippen LogP contribution in [0.25, 0.3) is 5.69 Å². The van der Waals surface area contributed by atoms with E-state index in [-0.39, 0.29) is 11.7 Å². The van der Waals surface area contributed by atoms with Crippen LogP contribution in [-0.4, -0.2) is 36.2 Å². The Morgan fingerprint density at radius 1 is 1.10 bits per heavy atom. The lowest BCUT2D eigenvalue weighted by atomic mass is 10.1. The Labute approximate surface area is 176 Å². The maximum absolute atomic E-state index is 12.6. The quantitative estimate of drug-likeness (QED) is 0.682. The molecule has 0 spiro atoms. The fourth-order valence-electron chi connectivity index (χ4n) is 3.66.